The van der Waals surface area contributed by atoms with Crippen molar-refractivity contribution in [2.75, 3.05) is 20.8 Å². The van der Waals surface area contributed by atoms with Crippen LogP contribution in [0.25, 0.3) is 0 Å². The van der Waals surface area contributed by atoms with Crippen molar-refractivity contribution < 1.29 is 14.2 Å². The first kappa shape index (κ1) is 11.3. The number of hydrogen-bond donors (Lipinski definition) is 0. The minimum Gasteiger partial charge on any atom is -0.496 e. The average molecular weight is 206 g/mol. The van der Waals surface area contributed by atoms with E-state index in [2.05, 4.69) is 5.92 Å². The summed E-state index contributed by atoms with van der Waals surface area (Å²) in [5.74, 6) is 4.60. The molecule has 3 nitrogen and oxygen atoms in total. The molecule has 80 valence electrons. The molecule has 0 fully saturated rings. The second kappa shape index (κ2) is 5.82. The lowest BCUT2D eigenvalue weighted by molar-refractivity contribution is 0.319. The van der Waals surface area contributed by atoms with E-state index in [1.807, 2.05) is 0 Å². The van der Waals surface area contributed by atoms with Gasteiger partial charge in [-0.3, -0.25) is 0 Å². The van der Waals surface area contributed by atoms with Crippen LogP contribution in [0.1, 0.15) is 6.42 Å². The van der Waals surface area contributed by atoms with Crippen molar-refractivity contribution in [3.05, 3.63) is 18.2 Å². The molecule has 0 bridgehead atoms. The lowest BCUT2D eigenvalue weighted by atomic mass is 10.3. The highest BCUT2D eigenvalue weighted by atomic mass is 16.5. The number of hydrogen-bond acceptors (Lipinski definition) is 3. The molecule has 0 aliphatic carbocycles. The maximum absolute atomic E-state index is 5.43. The van der Waals surface area contributed by atoms with Gasteiger partial charge in [0.25, 0.3) is 0 Å². The summed E-state index contributed by atoms with van der Waals surface area (Å²) >= 11 is 0. The first-order valence-electron chi connectivity index (χ1n) is 4.59. The molecule has 0 saturated heterocycles. The molecule has 1 aromatic rings. The van der Waals surface area contributed by atoms with Crippen LogP contribution in [0.5, 0.6) is 17.2 Å². The van der Waals surface area contributed by atoms with Crippen LogP contribution in [-0.2, 0) is 0 Å². The second-order valence-electron chi connectivity index (χ2n) is 2.85. The van der Waals surface area contributed by atoms with Crippen molar-refractivity contribution in [1.29, 1.82) is 0 Å². The van der Waals surface area contributed by atoms with Gasteiger partial charge >= 0.3 is 0 Å². The molecule has 0 heterocycles. The summed E-state index contributed by atoms with van der Waals surface area (Å²) in [5.41, 5.74) is 0. The summed E-state index contributed by atoms with van der Waals surface area (Å²) in [4.78, 5) is 0. The highest BCUT2D eigenvalue weighted by Crippen LogP contribution is 2.27. The Labute approximate surface area is 90.0 Å². The molecule has 0 radical (unpaired) electrons. The number of methoxy groups -OCH3 is 2. The molecule has 0 aliphatic rings. The number of benzene rings is 1. The first-order chi connectivity index (χ1) is 7.30. The molecular weight excluding hydrogens is 192 g/mol. The zero-order chi connectivity index (χ0) is 11.1. The van der Waals surface area contributed by atoms with E-state index in [1.165, 1.54) is 0 Å². The summed E-state index contributed by atoms with van der Waals surface area (Å²) in [6, 6.07) is 5.37. The third-order valence-corrected chi connectivity index (χ3v) is 1.84. The summed E-state index contributed by atoms with van der Waals surface area (Å²) in [7, 11) is 3.19. The Morgan fingerprint density at radius 1 is 1.07 bits per heavy atom. The third-order valence-electron chi connectivity index (χ3n) is 1.84. The molecule has 3 heteroatoms. The van der Waals surface area contributed by atoms with Crippen molar-refractivity contribution in [1.82, 2.24) is 0 Å². The largest absolute Gasteiger partial charge is 0.496 e. The van der Waals surface area contributed by atoms with E-state index in [9.17, 15) is 0 Å². The van der Waals surface area contributed by atoms with Gasteiger partial charge in [-0.25, -0.2) is 0 Å². The van der Waals surface area contributed by atoms with E-state index in [-0.39, 0.29) is 0 Å². The lowest BCUT2D eigenvalue weighted by Crippen LogP contribution is -1.97. The molecule has 0 N–H and O–H groups in total. The van der Waals surface area contributed by atoms with Crippen LogP contribution in [0.4, 0.5) is 0 Å². The molecule has 0 saturated carbocycles. The van der Waals surface area contributed by atoms with Gasteiger partial charge in [0.05, 0.1) is 20.8 Å². The summed E-state index contributed by atoms with van der Waals surface area (Å²) in [5, 5.41) is 0. The Bertz CT molecular complexity index is 330. The van der Waals surface area contributed by atoms with Crippen molar-refractivity contribution in [3.8, 4) is 29.6 Å². The van der Waals surface area contributed by atoms with Crippen molar-refractivity contribution in [3.63, 3.8) is 0 Å². The van der Waals surface area contributed by atoms with Crippen molar-refractivity contribution in [2.45, 2.75) is 6.42 Å². The Morgan fingerprint density at radius 2 is 1.60 bits per heavy atom. The highest BCUT2D eigenvalue weighted by Gasteiger charge is 2.01. The van der Waals surface area contributed by atoms with Gasteiger partial charge in [0.1, 0.15) is 17.2 Å². The standard InChI is InChI=1S/C12H14O3/c1-4-5-6-15-12-8-10(13-2)7-11(9-12)14-3/h1,7-9H,5-6H2,2-3H3. The van der Waals surface area contributed by atoms with Crippen LogP contribution in [0.2, 0.25) is 0 Å². The van der Waals surface area contributed by atoms with E-state index in [0.29, 0.717) is 30.3 Å². The predicted octanol–water partition coefficient (Wildman–Crippen LogP) is 2.11. The molecule has 1 aromatic carbocycles. The number of ether oxygens (including phenoxy) is 3. The predicted molar refractivity (Wildman–Crippen MR) is 58.5 cm³/mol. The highest BCUT2D eigenvalue weighted by molar-refractivity contribution is 5.41. The molecule has 0 aliphatic heterocycles. The topological polar surface area (TPSA) is 27.7 Å². The monoisotopic (exact) mass is 206 g/mol. The summed E-state index contributed by atoms with van der Waals surface area (Å²) in [6.07, 6.45) is 5.71. The molecule has 15 heavy (non-hydrogen) atoms. The van der Waals surface area contributed by atoms with Crippen LogP contribution >= 0.6 is 0 Å². The molecule has 1 rings (SSSR count). The maximum atomic E-state index is 5.43. The van der Waals surface area contributed by atoms with Gasteiger partial charge in [0.2, 0.25) is 0 Å². The van der Waals surface area contributed by atoms with Gasteiger partial charge in [-0.05, 0) is 0 Å². The van der Waals surface area contributed by atoms with E-state index in [1.54, 1.807) is 32.4 Å². The summed E-state index contributed by atoms with van der Waals surface area (Å²) in [6.45, 7) is 0.493. The van der Waals surface area contributed by atoms with E-state index < -0.39 is 0 Å². The van der Waals surface area contributed by atoms with E-state index >= 15 is 0 Å². The Morgan fingerprint density at radius 3 is 2.07 bits per heavy atom. The number of rotatable bonds is 5. The fraction of sp³-hybridized carbons (Fsp3) is 0.333. The Balaban J connectivity index is 2.74. The zero-order valence-electron chi connectivity index (χ0n) is 8.95. The third kappa shape index (κ3) is 3.43. The van der Waals surface area contributed by atoms with Gasteiger partial charge in [-0.2, -0.15) is 0 Å². The molecule has 0 spiro atoms. The maximum Gasteiger partial charge on any atom is 0.126 e. The second-order valence-corrected chi connectivity index (χ2v) is 2.85. The molecule has 0 unspecified atom stereocenters. The first-order valence-corrected chi connectivity index (χ1v) is 4.59. The average Bonchev–Trinajstić information content (AvgIpc) is 2.29. The minimum absolute atomic E-state index is 0.493. The van der Waals surface area contributed by atoms with Gasteiger partial charge in [-0.1, -0.05) is 0 Å². The van der Waals surface area contributed by atoms with Crippen LogP contribution < -0.4 is 14.2 Å². The molecule has 0 atom stereocenters. The van der Waals surface area contributed by atoms with Crippen LogP contribution in [-0.4, -0.2) is 20.8 Å². The van der Waals surface area contributed by atoms with Gasteiger partial charge < -0.3 is 14.2 Å². The van der Waals surface area contributed by atoms with E-state index in [4.69, 9.17) is 20.6 Å². The summed E-state index contributed by atoms with van der Waals surface area (Å²) < 4.78 is 15.6. The zero-order valence-corrected chi connectivity index (χ0v) is 8.95. The molecular formula is C12H14O3. The minimum atomic E-state index is 0.493. The van der Waals surface area contributed by atoms with Crippen LogP contribution in [0.3, 0.4) is 0 Å². The van der Waals surface area contributed by atoms with Crippen molar-refractivity contribution in [2.24, 2.45) is 0 Å². The molecule has 0 amide bonds. The SMILES string of the molecule is C#CCCOc1cc(OC)cc(OC)c1. The fourth-order valence-corrected chi connectivity index (χ4v) is 1.09. The quantitative estimate of drug-likeness (QED) is 0.545. The smallest absolute Gasteiger partial charge is 0.126 e. The van der Waals surface area contributed by atoms with Gasteiger partial charge in [-0.15, -0.1) is 12.3 Å². The normalized spacial score (nSPS) is 9.13. The van der Waals surface area contributed by atoms with Crippen LogP contribution in [0, 0.1) is 12.3 Å². The van der Waals surface area contributed by atoms with Gasteiger partial charge in [0, 0.05) is 24.6 Å². The Kier molecular flexibility index (Phi) is 4.36. The lowest BCUT2D eigenvalue weighted by Gasteiger charge is -2.09. The fourth-order valence-electron chi connectivity index (χ4n) is 1.09. The van der Waals surface area contributed by atoms with Crippen LogP contribution in [0.15, 0.2) is 18.2 Å². The van der Waals surface area contributed by atoms with Gasteiger partial charge in [0.15, 0.2) is 0 Å². The van der Waals surface area contributed by atoms with Crippen molar-refractivity contribution >= 4 is 0 Å². The number of terminal acetylenes is 1. The van der Waals surface area contributed by atoms with E-state index in [0.717, 1.165) is 0 Å². The molecule has 0 aromatic heterocycles. The Hall–Kier alpha value is -1.82.